The number of carboxylic acid groups (broad SMARTS) is 1. The van der Waals surface area contributed by atoms with E-state index in [2.05, 4.69) is 19.6 Å². The van der Waals surface area contributed by atoms with Gasteiger partial charge in [0, 0.05) is 5.75 Å². The van der Waals surface area contributed by atoms with Crippen LogP contribution in [0.4, 0.5) is 0 Å². The molecule has 0 aromatic rings. The van der Waals surface area contributed by atoms with Gasteiger partial charge in [-0.2, -0.15) is 12.6 Å². The van der Waals surface area contributed by atoms with Gasteiger partial charge in [-0.3, -0.25) is 4.79 Å². The summed E-state index contributed by atoms with van der Waals surface area (Å²) < 4.78 is 0. The molecule has 0 aliphatic heterocycles. The van der Waals surface area contributed by atoms with Crippen LogP contribution in [0.25, 0.3) is 0 Å². The first-order valence-electron chi connectivity index (χ1n) is 5.59. The highest BCUT2D eigenvalue weighted by molar-refractivity contribution is 7.80. The molecule has 0 heterocycles. The molecule has 3 nitrogen and oxygen atoms in total. The Morgan fingerprint density at radius 1 is 1.33 bits per heavy atom. The fraction of sp³-hybridized carbons (Fsp3) is 0.909. The van der Waals surface area contributed by atoms with Crippen molar-refractivity contribution in [1.29, 1.82) is 0 Å². The lowest BCUT2D eigenvalue weighted by atomic mass is 10.1. The van der Waals surface area contributed by atoms with E-state index >= 15 is 0 Å². The van der Waals surface area contributed by atoms with Gasteiger partial charge in [0.15, 0.2) is 0 Å². The first-order chi connectivity index (χ1) is 7.08. The van der Waals surface area contributed by atoms with Gasteiger partial charge in [-0.15, -0.1) is 0 Å². The van der Waals surface area contributed by atoms with E-state index in [-0.39, 0.29) is 12.5 Å². The monoisotopic (exact) mass is 236 g/mol. The average molecular weight is 236 g/mol. The van der Waals surface area contributed by atoms with Crippen molar-refractivity contribution in [2.75, 3.05) is 5.75 Å². The number of aliphatic carboxylic acids is 1. The molecule has 0 spiro atoms. The maximum absolute atomic E-state index is 9.55. The highest BCUT2D eigenvalue weighted by Crippen LogP contribution is 2.04. The van der Waals surface area contributed by atoms with Crippen LogP contribution in [-0.4, -0.2) is 28.0 Å². The van der Waals surface area contributed by atoms with Crippen LogP contribution >= 0.6 is 12.6 Å². The molecule has 0 saturated heterocycles. The maximum atomic E-state index is 9.55. The Bertz CT molecular complexity index is 140. The van der Waals surface area contributed by atoms with Crippen LogP contribution in [0, 0.1) is 0 Å². The van der Waals surface area contributed by atoms with Crippen molar-refractivity contribution < 1.29 is 15.0 Å². The van der Waals surface area contributed by atoms with Crippen molar-refractivity contribution in [3.8, 4) is 0 Å². The van der Waals surface area contributed by atoms with Gasteiger partial charge >= 0.3 is 5.97 Å². The molecule has 0 amide bonds. The fourth-order valence-corrected chi connectivity index (χ4v) is 1.12. The predicted octanol–water partition coefficient (Wildman–Crippen LogP) is 2.73. The Kier molecular flexibility index (Phi) is 15.8. The molecule has 0 aliphatic rings. The number of rotatable bonds is 7. The molecule has 2 N–H and O–H groups in total. The largest absolute Gasteiger partial charge is 0.481 e. The van der Waals surface area contributed by atoms with Crippen LogP contribution in [0.2, 0.25) is 0 Å². The van der Waals surface area contributed by atoms with Crippen LogP contribution in [0.5, 0.6) is 0 Å². The molecule has 1 atom stereocenters. The lowest BCUT2D eigenvalue weighted by molar-refractivity contribution is -0.136. The number of hydrogen-bond acceptors (Lipinski definition) is 3. The molecule has 0 bridgehead atoms. The highest BCUT2D eigenvalue weighted by atomic mass is 32.1. The summed E-state index contributed by atoms with van der Waals surface area (Å²) in [6, 6.07) is 0. The van der Waals surface area contributed by atoms with E-state index in [1.807, 2.05) is 6.92 Å². The van der Waals surface area contributed by atoms with Crippen molar-refractivity contribution in [2.24, 2.45) is 0 Å². The van der Waals surface area contributed by atoms with Crippen molar-refractivity contribution in [3.63, 3.8) is 0 Å². The minimum Gasteiger partial charge on any atom is -0.481 e. The summed E-state index contributed by atoms with van der Waals surface area (Å²) in [6.07, 6.45) is 5.70. The minimum atomic E-state index is -0.787. The quantitative estimate of drug-likeness (QED) is 0.470. The highest BCUT2D eigenvalue weighted by Gasteiger charge is 1.97. The molecule has 0 aliphatic carbocycles. The molecule has 92 valence electrons. The SMILES string of the molecule is CCCCCC(O)CC.O=C(O)CCS. The number of aliphatic hydroxyl groups is 1. The van der Waals surface area contributed by atoms with Crippen molar-refractivity contribution in [1.82, 2.24) is 0 Å². The molecule has 0 radical (unpaired) electrons. The van der Waals surface area contributed by atoms with Crippen LogP contribution in [-0.2, 0) is 4.79 Å². The van der Waals surface area contributed by atoms with E-state index in [0.717, 1.165) is 12.8 Å². The zero-order chi connectivity index (χ0) is 12.1. The Labute approximate surface area is 98.3 Å². The first kappa shape index (κ1) is 17.2. The number of thiol groups is 1. The van der Waals surface area contributed by atoms with Crippen LogP contribution in [0.15, 0.2) is 0 Å². The van der Waals surface area contributed by atoms with Gasteiger partial charge < -0.3 is 10.2 Å². The minimum absolute atomic E-state index is 0.0449. The summed E-state index contributed by atoms with van der Waals surface area (Å²) in [5, 5.41) is 16.9. The Morgan fingerprint density at radius 3 is 2.20 bits per heavy atom. The molecule has 0 aromatic heterocycles. The van der Waals surface area contributed by atoms with E-state index in [9.17, 15) is 4.79 Å². The average Bonchev–Trinajstić information content (AvgIpc) is 2.18. The molecule has 15 heavy (non-hydrogen) atoms. The van der Waals surface area contributed by atoms with E-state index in [1.165, 1.54) is 19.3 Å². The summed E-state index contributed by atoms with van der Waals surface area (Å²) in [7, 11) is 0. The molecule has 0 aromatic carbocycles. The van der Waals surface area contributed by atoms with Crippen LogP contribution in [0.1, 0.15) is 52.4 Å². The Morgan fingerprint density at radius 2 is 1.93 bits per heavy atom. The topological polar surface area (TPSA) is 57.5 Å². The second kappa shape index (κ2) is 13.8. The zero-order valence-electron chi connectivity index (χ0n) is 9.78. The van der Waals surface area contributed by atoms with E-state index in [4.69, 9.17) is 10.2 Å². The summed E-state index contributed by atoms with van der Waals surface area (Å²) >= 11 is 3.68. The van der Waals surface area contributed by atoms with Gasteiger partial charge in [0.25, 0.3) is 0 Å². The van der Waals surface area contributed by atoms with E-state index in [1.54, 1.807) is 0 Å². The third-order valence-electron chi connectivity index (χ3n) is 1.94. The summed E-state index contributed by atoms with van der Waals surface area (Å²) in [6.45, 7) is 4.20. The van der Waals surface area contributed by atoms with Crippen molar-refractivity contribution >= 4 is 18.6 Å². The standard InChI is InChI=1S/C8H18O.C3H6O2S/c1-3-5-6-7-8(9)4-2;4-3(5)1-2-6/h8-9H,3-7H2,1-2H3;6H,1-2H2,(H,4,5). The van der Waals surface area contributed by atoms with Gasteiger partial charge in [-0.05, 0) is 12.8 Å². The molecule has 0 saturated carbocycles. The number of unbranched alkanes of at least 4 members (excludes halogenated alkanes) is 2. The number of aliphatic hydroxyl groups excluding tert-OH is 1. The molecular formula is C11H24O3S. The Hall–Kier alpha value is -0.220. The van der Waals surface area contributed by atoms with Crippen molar-refractivity contribution in [3.05, 3.63) is 0 Å². The van der Waals surface area contributed by atoms with Gasteiger partial charge in [0.2, 0.25) is 0 Å². The number of hydrogen-bond donors (Lipinski definition) is 3. The van der Waals surface area contributed by atoms with Crippen LogP contribution < -0.4 is 0 Å². The van der Waals surface area contributed by atoms with E-state index < -0.39 is 5.97 Å². The lowest BCUT2D eigenvalue weighted by Gasteiger charge is -2.04. The second-order valence-electron chi connectivity index (χ2n) is 3.43. The first-order valence-corrected chi connectivity index (χ1v) is 6.22. The number of carbonyl (C=O) groups is 1. The third-order valence-corrected chi connectivity index (χ3v) is 2.16. The van der Waals surface area contributed by atoms with Gasteiger partial charge in [0.1, 0.15) is 0 Å². The third kappa shape index (κ3) is 20.0. The zero-order valence-corrected chi connectivity index (χ0v) is 10.7. The molecular weight excluding hydrogens is 212 g/mol. The summed E-state index contributed by atoms with van der Waals surface area (Å²) in [4.78, 5) is 9.55. The van der Waals surface area contributed by atoms with Crippen LogP contribution in [0.3, 0.4) is 0 Å². The summed E-state index contributed by atoms with van der Waals surface area (Å²) in [5.41, 5.74) is 0. The van der Waals surface area contributed by atoms with E-state index in [0.29, 0.717) is 5.75 Å². The molecule has 0 rings (SSSR count). The molecule has 1 unspecified atom stereocenters. The maximum Gasteiger partial charge on any atom is 0.304 e. The second-order valence-corrected chi connectivity index (χ2v) is 3.87. The Balaban J connectivity index is 0. The van der Waals surface area contributed by atoms with Gasteiger partial charge in [0.05, 0.1) is 12.5 Å². The van der Waals surface area contributed by atoms with Crippen molar-refractivity contribution in [2.45, 2.75) is 58.5 Å². The van der Waals surface area contributed by atoms with Gasteiger partial charge in [-0.1, -0.05) is 33.1 Å². The lowest BCUT2D eigenvalue weighted by Crippen LogP contribution is -2.02. The smallest absolute Gasteiger partial charge is 0.304 e. The fourth-order valence-electron chi connectivity index (χ4n) is 0.930. The number of carboxylic acids is 1. The molecule has 4 heteroatoms. The molecule has 0 fully saturated rings. The van der Waals surface area contributed by atoms with Gasteiger partial charge in [-0.25, -0.2) is 0 Å². The normalized spacial score (nSPS) is 11.5. The predicted molar refractivity (Wildman–Crippen MR) is 66.5 cm³/mol. The summed E-state index contributed by atoms with van der Waals surface area (Å²) in [5.74, 6) is -0.361.